The van der Waals surface area contributed by atoms with Crippen molar-refractivity contribution >= 4 is 34.4 Å². The number of pyridine rings is 1. The van der Waals surface area contributed by atoms with Crippen molar-refractivity contribution in [2.75, 3.05) is 0 Å². The summed E-state index contributed by atoms with van der Waals surface area (Å²) in [6.45, 7) is 0. The zero-order chi connectivity index (χ0) is 19.3. The number of hydrogen-bond acceptors (Lipinski definition) is 3. The van der Waals surface area contributed by atoms with Gasteiger partial charge in [-0.05, 0) is 60.9 Å². The quantitative estimate of drug-likeness (QED) is 0.419. The van der Waals surface area contributed by atoms with Gasteiger partial charge < -0.3 is 5.11 Å². The SMILES string of the molecule is Oc1ccccc1C=Nc1cccc(CCc2ccc3ccc(Cl)cc3n2)c1. The number of phenolic OH excluding ortho intramolecular Hbond substituents is 1. The number of benzene rings is 3. The maximum absolute atomic E-state index is 9.84. The lowest BCUT2D eigenvalue weighted by molar-refractivity contribution is 0.474. The van der Waals surface area contributed by atoms with E-state index in [2.05, 4.69) is 29.3 Å². The molecule has 138 valence electrons. The molecule has 0 amide bonds. The molecule has 4 rings (SSSR count). The Morgan fingerprint density at radius 1 is 0.893 bits per heavy atom. The lowest BCUT2D eigenvalue weighted by Crippen LogP contribution is -1.95. The Kier molecular flexibility index (Phi) is 5.36. The van der Waals surface area contributed by atoms with E-state index >= 15 is 0 Å². The van der Waals surface area contributed by atoms with Crippen LogP contribution in [0.3, 0.4) is 0 Å². The number of aromatic nitrogens is 1. The van der Waals surface area contributed by atoms with Crippen molar-refractivity contribution in [3.05, 3.63) is 101 Å². The molecule has 0 radical (unpaired) electrons. The summed E-state index contributed by atoms with van der Waals surface area (Å²) in [6.07, 6.45) is 3.40. The molecular weight excluding hydrogens is 368 g/mol. The molecule has 0 fully saturated rings. The lowest BCUT2D eigenvalue weighted by Gasteiger charge is -2.05. The van der Waals surface area contributed by atoms with Crippen LogP contribution in [0.4, 0.5) is 5.69 Å². The van der Waals surface area contributed by atoms with Crippen molar-refractivity contribution in [3.63, 3.8) is 0 Å². The first-order chi connectivity index (χ1) is 13.7. The number of hydrogen-bond donors (Lipinski definition) is 1. The zero-order valence-corrected chi connectivity index (χ0v) is 16.0. The summed E-state index contributed by atoms with van der Waals surface area (Å²) in [6, 6.07) is 25.2. The van der Waals surface area contributed by atoms with Gasteiger partial charge in [-0.25, -0.2) is 0 Å². The Morgan fingerprint density at radius 3 is 2.64 bits per heavy atom. The second kappa shape index (κ2) is 8.24. The molecule has 3 aromatic carbocycles. The minimum Gasteiger partial charge on any atom is -0.507 e. The standard InChI is InChI=1S/C24H19ClN2O/c25-20-11-9-18-10-13-21(27-23(18)15-20)12-8-17-4-3-6-22(14-17)26-16-19-5-1-2-7-24(19)28/h1-7,9-11,13-16,28H,8,12H2. The molecule has 0 saturated carbocycles. The van der Waals surface area contributed by atoms with E-state index in [1.807, 2.05) is 42.5 Å². The molecule has 0 aliphatic carbocycles. The van der Waals surface area contributed by atoms with Gasteiger partial charge in [-0.15, -0.1) is 0 Å². The van der Waals surface area contributed by atoms with Crippen LogP contribution in [0.25, 0.3) is 10.9 Å². The van der Waals surface area contributed by atoms with E-state index in [4.69, 9.17) is 16.6 Å². The van der Waals surface area contributed by atoms with Gasteiger partial charge in [0.05, 0.1) is 11.2 Å². The molecule has 0 aliphatic heterocycles. The predicted molar refractivity (Wildman–Crippen MR) is 116 cm³/mol. The van der Waals surface area contributed by atoms with E-state index in [-0.39, 0.29) is 5.75 Å². The Bertz CT molecular complexity index is 1150. The number of rotatable bonds is 5. The van der Waals surface area contributed by atoms with E-state index in [0.717, 1.165) is 35.1 Å². The maximum atomic E-state index is 9.84. The highest BCUT2D eigenvalue weighted by molar-refractivity contribution is 6.31. The molecule has 0 spiro atoms. The summed E-state index contributed by atoms with van der Waals surface area (Å²) in [7, 11) is 0. The second-order valence-electron chi connectivity index (χ2n) is 6.63. The Labute approximate surface area is 169 Å². The monoisotopic (exact) mass is 386 g/mol. The van der Waals surface area contributed by atoms with Gasteiger partial charge in [-0.2, -0.15) is 0 Å². The minimum absolute atomic E-state index is 0.227. The smallest absolute Gasteiger partial charge is 0.124 e. The van der Waals surface area contributed by atoms with Crippen LogP contribution in [0.5, 0.6) is 5.75 Å². The Morgan fingerprint density at radius 2 is 1.75 bits per heavy atom. The van der Waals surface area contributed by atoms with Crippen LogP contribution in [0.15, 0.2) is 83.9 Å². The van der Waals surface area contributed by atoms with E-state index in [0.29, 0.717) is 10.6 Å². The largest absolute Gasteiger partial charge is 0.507 e. The first-order valence-corrected chi connectivity index (χ1v) is 9.51. The second-order valence-corrected chi connectivity index (χ2v) is 7.06. The number of fused-ring (bicyclic) bond motifs is 1. The number of halogens is 1. The maximum Gasteiger partial charge on any atom is 0.124 e. The first kappa shape index (κ1) is 18.2. The van der Waals surface area contributed by atoms with Crippen molar-refractivity contribution < 1.29 is 5.11 Å². The van der Waals surface area contributed by atoms with Gasteiger partial charge in [0.2, 0.25) is 0 Å². The van der Waals surface area contributed by atoms with Gasteiger partial charge in [0.25, 0.3) is 0 Å². The van der Waals surface area contributed by atoms with E-state index < -0.39 is 0 Å². The molecule has 0 saturated heterocycles. The fourth-order valence-corrected chi connectivity index (χ4v) is 3.24. The number of nitrogens with zero attached hydrogens (tertiary/aromatic N) is 2. The lowest BCUT2D eigenvalue weighted by atomic mass is 10.1. The third kappa shape index (κ3) is 4.38. The van der Waals surface area contributed by atoms with Crippen LogP contribution in [0.1, 0.15) is 16.8 Å². The summed E-state index contributed by atoms with van der Waals surface area (Å²) >= 11 is 6.08. The highest BCUT2D eigenvalue weighted by atomic mass is 35.5. The molecule has 4 heteroatoms. The fourth-order valence-electron chi connectivity index (χ4n) is 3.08. The fraction of sp³-hybridized carbons (Fsp3) is 0.0833. The highest BCUT2D eigenvalue weighted by Gasteiger charge is 2.02. The zero-order valence-electron chi connectivity index (χ0n) is 15.2. The summed E-state index contributed by atoms with van der Waals surface area (Å²) in [5, 5.41) is 11.6. The molecule has 4 aromatic rings. The molecule has 0 aliphatic rings. The van der Waals surface area contributed by atoms with Crippen LogP contribution in [0, 0.1) is 0 Å². The predicted octanol–water partition coefficient (Wildman–Crippen LogP) is 6.13. The summed E-state index contributed by atoms with van der Waals surface area (Å²) < 4.78 is 0. The summed E-state index contributed by atoms with van der Waals surface area (Å²) in [4.78, 5) is 9.21. The third-order valence-electron chi connectivity index (χ3n) is 4.58. The van der Waals surface area contributed by atoms with Crippen LogP contribution in [-0.4, -0.2) is 16.3 Å². The minimum atomic E-state index is 0.227. The Hall–Kier alpha value is -3.17. The molecule has 1 N–H and O–H groups in total. The molecule has 0 atom stereocenters. The molecule has 3 nitrogen and oxygen atoms in total. The molecule has 1 aromatic heterocycles. The number of aryl methyl sites for hydroxylation is 2. The third-order valence-corrected chi connectivity index (χ3v) is 4.82. The van der Waals surface area contributed by atoms with Gasteiger partial charge in [0.1, 0.15) is 5.75 Å². The molecular formula is C24H19ClN2O. The molecule has 1 heterocycles. The molecule has 0 bridgehead atoms. The molecule has 0 unspecified atom stereocenters. The van der Waals surface area contributed by atoms with Gasteiger partial charge in [-0.1, -0.05) is 48.0 Å². The van der Waals surface area contributed by atoms with Crippen LogP contribution in [0.2, 0.25) is 5.02 Å². The average Bonchev–Trinajstić information content (AvgIpc) is 2.71. The number of aromatic hydroxyl groups is 1. The normalized spacial score (nSPS) is 11.3. The summed E-state index contributed by atoms with van der Waals surface area (Å²) in [5.41, 5.74) is 4.72. The van der Waals surface area contributed by atoms with E-state index in [1.165, 1.54) is 5.56 Å². The van der Waals surface area contributed by atoms with Gasteiger partial charge >= 0.3 is 0 Å². The number of phenols is 1. The van der Waals surface area contributed by atoms with Crippen molar-refractivity contribution in [1.29, 1.82) is 0 Å². The number of para-hydroxylation sites is 1. The summed E-state index contributed by atoms with van der Waals surface area (Å²) in [5.74, 6) is 0.227. The van der Waals surface area contributed by atoms with Crippen LogP contribution in [-0.2, 0) is 12.8 Å². The van der Waals surface area contributed by atoms with Crippen LogP contribution >= 0.6 is 11.6 Å². The van der Waals surface area contributed by atoms with Crippen molar-refractivity contribution in [1.82, 2.24) is 4.98 Å². The topological polar surface area (TPSA) is 45.5 Å². The van der Waals surface area contributed by atoms with Crippen molar-refractivity contribution in [3.8, 4) is 5.75 Å². The average molecular weight is 387 g/mol. The highest BCUT2D eigenvalue weighted by Crippen LogP contribution is 2.20. The molecule has 28 heavy (non-hydrogen) atoms. The van der Waals surface area contributed by atoms with Crippen LogP contribution < -0.4 is 0 Å². The van der Waals surface area contributed by atoms with Gasteiger partial charge in [0, 0.05) is 27.9 Å². The van der Waals surface area contributed by atoms with Gasteiger partial charge in [0.15, 0.2) is 0 Å². The first-order valence-electron chi connectivity index (χ1n) is 9.13. The van der Waals surface area contributed by atoms with Crippen molar-refractivity contribution in [2.45, 2.75) is 12.8 Å². The Balaban J connectivity index is 1.47. The van der Waals surface area contributed by atoms with Gasteiger partial charge in [-0.3, -0.25) is 9.98 Å². The van der Waals surface area contributed by atoms with E-state index in [9.17, 15) is 5.11 Å². The van der Waals surface area contributed by atoms with E-state index in [1.54, 1.807) is 18.3 Å². The number of aliphatic imine (C=N–C) groups is 1. The van der Waals surface area contributed by atoms with Crippen molar-refractivity contribution in [2.24, 2.45) is 4.99 Å².